The molecule has 6 nitrogen and oxygen atoms in total. The fourth-order valence-corrected chi connectivity index (χ4v) is 5.38. The molecular weight excluding hydrogens is 443 g/mol. The average Bonchev–Trinajstić information content (AvgIpc) is 2.75. The smallest absolute Gasteiger partial charge is 0.243 e. The molecule has 0 aliphatic carbocycles. The number of benzene rings is 2. The van der Waals surface area contributed by atoms with Crippen LogP contribution >= 0.6 is 11.6 Å². The largest absolute Gasteiger partial charge is 0.492 e. The first-order valence-corrected chi connectivity index (χ1v) is 12.0. The molecule has 2 aromatic rings. The maximum absolute atomic E-state index is 13.1. The monoisotopic (exact) mass is 468 g/mol. The molecule has 1 N–H and O–H groups in total. The van der Waals surface area contributed by atoms with Crippen molar-refractivity contribution in [2.24, 2.45) is 5.92 Å². The molecule has 1 saturated heterocycles. The summed E-state index contributed by atoms with van der Waals surface area (Å²) in [6.07, 6.45) is 0.845. The van der Waals surface area contributed by atoms with Crippen molar-refractivity contribution in [1.82, 2.24) is 9.62 Å². The summed E-state index contributed by atoms with van der Waals surface area (Å²) in [7, 11) is -3.71. The molecule has 1 atom stereocenters. The third kappa shape index (κ3) is 5.56. The van der Waals surface area contributed by atoms with Crippen molar-refractivity contribution in [3.05, 3.63) is 58.9 Å². The van der Waals surface area contributed by atoms with Gasteiger partial charge in [-0.2, -0.15) is 4.31 Å². The lowest BCUT2D eigenvalue weighted by Gasteiger charge is -2.31. The Bertz CT molecular complexity index is 1020. The molecular formula is C22H26ClFN2O4S. The van der Waals surface area contributed by atoms with E-state index in [2.05, 4.69) is 5.32 Å². The van der Waals surface area contributed by atoms with Crippen molar-refractivity contribution < 1.29 is 22.3 Å². The van der Waals surface area contributed by atoms with E-state index in [1.54, 1.807) is 18.2 Å². The number of halogens is 2. The summed E-state index contributed by atoms with van der Waals surface area (Å²) in [6, 6.07) is 10.1. The molecule has 1 aliphatic heterocycles. The molecule has 0 radical (unpaired) electrons. The quantitative estimate of drug-likeness (QED) is 0.662. The zero-order valence-corrected chi connectivity index (χ0v) is 19.0. The van der Waals surface area contributed by atoms with Gasteiger partial charge in [0.1, 0.15) is 11.6 Å². The van der Waals surface area contributed by atoms with E-state index in [-0.39, 0.29) is 46.7 Å². The molecule has 0 spiro atoms. The third-order valence-electron chi connectivity index (χ3n) is 5.39. The van der Waals surface area contributed by atoms with Gasteiger partial charge in [-0.15, -0.1) is 0 Å². The first-order chi connectivity index (χ1) is 14.7. The lowest BCUT2D eigenvalue weighted by molar-refractivity contribution is -0.126. The minimum absolute atomic E-state index is 0.105. The first kappa shape index (κ1) is 23.5. The zero-order valence-electron chi connectivity index (χ0n) is 17.5. The van der Waals surface area contributed by atoms with E-state index in [4.69, 9.17) is 16.3 Å². The summed E-state index contributed by atoms with van der Waals surface area (Å²) in [5.41, 5.74) is 0.808. The third-order valence-corrected chi connectivity index (χ3v) is 7.58. The van der Waals surface area contributed by atoms with Gasteiger partial charge in [0.2, 0.25) is 15.9 Å². The van der Waals surface area contributed by atoms with Crippen LogP contribution in [0.1, 0.15) is 38.3 Å². The van der Waals surface area contributed by atoms with Gasteiger partial charge < -0.3 is 10.1 Å². The molecule has 31 heavy (non-hydrogen) atoms. The van der Waals surface area contributed by atoms with E-state index in [0.717, 1.165) is 5.56 Å². The summed E-state index contributed by atoms with van der Waals surface area (Å²) in [4.78, 5) is 12.7. The normalized spacial score (nSPS) is 16.6. The van der Waals surface area contributed by atoms with Gasteiger partial charge in [-0.3, -0.25) is 4.79 Å². The highest BCUT2D eigenvalue weighted by Crippen LogP contribution is 2.30. The number of hydrogen-bond donors (Lipinski definition) is 1. The summed E-state index contributed by atoms with van der Waals surface area (Å²) < 4.78 is 45.8. The Kier molecular flexibility index (Phi) is 7.56. The fraction of sp³-hybridized carbons (Fsp3) is 0.409. The minimum Gasteiger partial charge on any atom is -0.492 e. The average molecular weight is 469 g/mol. The van der Waals surface area contributed by atoms with Crippen molar-refractivity contribution in [2.75, 3.05) is 19.7 Å². The topological polar surface area (TPSA) is 75.7 Å². The maximum Gasteiger partial charge on any atom is 0.243 e. The zero-order chi connectivity index (χ0) is 22.6. The van der Waals surface area contributed by atoms with Crippen LogP contribution in [-0.4, -0.2) is 38.3 Å². The highest BCUT2D eigenvalue weighted by Gasteiger charge is 2.32. The number of sulfonamides is 1. The Balaban J connectivity index is 1.59. The van der Waals surface area contributed by atoms with Crippen molar-refractivity contribution in [3.63, 3.8) is 0 Å². The SMILES string of the molecule is CCOc1ccc(S(=O)(=O)N2CCC(C(=O)N[C@H](C)c3ccc(F)cc3)CC2)cc1Cl. The van der Waals surface area contributed by atoms with Gasteiger partial charge in [-0.25, -0.2) is 12.8 Å². The highest BCUT2D eigenvalue weighted by atomic mass is 35.5. The van der Waals surface area contributed by atoms with Gasteiger partial charge in [-0.1, -0.05) is 23.7 Å². The summed E-state index contributed by atoms with van der Waals surface area (Å²) >= 11 is 6.14. The Morgan fingerprint density at radius 2 is 1.87 bits per heavy atom. The molecule has 0 unspecified atom stereocenters. The molecule has 0 aromatic heterocycles. The van der Waals surface area contributed by atoms with Gasteiger partial charge in [0, 0.05) is 19.0 Å². The van der Waals surface area contributed by atoms with Crippen LogP contribution in [0.15, 0.2) is 47.4 Å². The van der Waals surface area contributed by atoms with E-state index >= 15 is 0 Å². The van der Waals surface area contributed by atoms with Crippen LogP contribution in [-0.2, 0) is 14.8 Å². The van der Waals surface area contributed by atoms with Gasteiger partial charge >= 0.3 is 0 Å². The second-order valence-corrected chi connectivity index (χ2v) is 9.83. The number of nitrogens with one attached hydrogen (secondary N) is 1. The van der Waals surface area contributed by atoms with Crippen LogP contribution in [0.4, 0.5) is 4.39 Å². The number of carbonyl (C=O) groups is 1. The molecule has 0 saturated carbocycles. The second-order valence-electron chi connectivity index (χ2n) is 7.49. The van der Waals surface area contributed by atoms with Crippen molar-refractivity contribution in [2.45, 2.75) is 37.6 Å². The number of ether oxygens (including phenoxy) is 1. The number of piperidine rings is 1. The van der Waals surface area contributed by atoms with E-state index in [0.29, 0.717) is 25.2 Å². The van der Waals surface area contributed by atoms with Crippen LogP contribution < -0.4 is 10.1 Å². The van der Waals surface area contributed by atoms with Crippen LogP contribution in [0.2, 0.25) is 5.02 Å². The Hall–Kier alpha value is -2.16. The summed E-state index contributed by atoms with van der Waals surface area (Å²) in [5, 5.41) is 3.18. The highest BCUT2D eigenvalue weighted by molar-refractivity contribution is 7.89. The molecule has 3 rings (SSSR count). The molecule has 1 heterocycles. The first-order valence-electron chi connectivity index (χ1n) is 10.2. The van der Waals surface area contributed by atoms with E-state index in [1.165, 1.54) is 28.6 Å². The number of carbonyl (C=O) groups excluding carboxylic acids is 1. The number of rotatable bonds is 7. The molecule has 9 heteroatoms. The number of amides is 1. The molecule has 1 aliphatic rings. The van der Waals surface area contributed by atoms with E-state index in [1.807, 2.05) is 13.8 Å². The van der Waals surface area contributed by atoms with Crippen molar-refractivity contribution >= 4 is 27.5 Å². The van der Waals surface area contributed by atoms with Crippen LogP contribution in [0.25, 0.3) is 0 Å². The van der Waals surface area contributed by atoms with E-state index in [9.17, 15) is 17.6 Å². The molecule has 1 fully saturated rings. The predicted octanol–water partition coefficient (Wildman–Crippen LogP) is 4.16. The van der Waals surface area contributed by atoms with Crippen LogP contribution in [0.5, 0.6) is 5.75 Å². The minimum atomic E-state index is -3.71. The van der Waals surface area contributed by atoms with Crippen LogP contribution in [0.3, 0.4) is 0 Å². The van der Waals surface area contributed by atoms with Gasteiger partial charge in [0.25, 0.3) is 0 Å². The maximum atomic E-state index is 13.1. The lowest BCUT2D eigenvalue weighted by Crippen LogP contribution is -2.43. The standard InChI is InChI=1S/C22H26ClFN2O4S/c1-3-30-21-9-8-19(14-20(21)23)31(28,29)26-12-10-17(11-13-26)22(27)25-15(2)16-4-6-18(24)7-5-16/h4-9,14-15,17H,3,10-13H2,1-2H3,(H,25,27)/t15-/m1/s1. The fourth-order valence-electron chi connectivity index (χ4n) is 3.59. The van der Waals surface area contributed by atoms with Gasteiger partial charge in [-0.05, 0) is 62.6 Å². The van der Waals surface area contributed by atoms with Crippen molar-refractivity contribution in [1.29, 1.82) is 0 Å². The molecule has 1 amide bonds. The number of hydrogen-bond acceptors (Lipinski definition) is 4. The van der Waals surface area contributed by atoms with E-state index < -0.39 is 10.0 Å². The summed E-state index contributed by atoms with van der Waals surface area (Å²) in [5.74, 6) is -0.297. The van der Waals surface area contributed by atoms with Crippen molar-refractivity contribution in [3.8, 4) is 5.75 Å². The van der Waals surface area contributed by atoms with Gasteiger partial charge in [0.05, 0.1) is 22.6 Å². The predicted molar refractivity (Wildman–Crippen MR) is 117 cm³/mol. The Morgan fingerprint density at radius 1 is 1.23 bits per heavy atom. The molecule has 2 aromatic carbocycles. The molecule has 0 bridgehead atoms. The summed E-state index contributed by atoms with van der Waals surface area (Å²) in [6.45, 7) is 4.58. The second kappa shape index (κ2) is 9.97. The Labute approximate surface area is 187 Å². The lowest BCUT2D eigenvalue weighted by atomic mass is 9.96. The van der Waals surface area contributed by atoms with Crippen LogP contribution in [0, 0.1) is 11.7 Å². The Morgan fingerprint density at radius 3 is 2.45 bits per heavy atom. The molecule has 168 valence electrons. The van der Waals surface area contributed by atoms with Gasteiger partial charge in [0.15, 0.2) is 0 Å². The number of nitrogens with zero attached hydrogens (tertiary/aromatic N) is 1.